The van der Waals surface area contributed by atoms with Gasteiger partial charge in [-0.05, 0) is 6.92 Å². The van der Waals surface area contributed by atoms with Gasteiger partial charge in [-0.2, -0.15) is 0 Å². The molecule has 0 bridgehead atoms. The molecule has 0 aliphatic heterocycles. The number of anilines is 1. The molecule has 0 atom stereocenters. The number of nitrogens with zero attached hydrogens (tertiary/aromatic N) is 3. The highest BCUT2D eigenvalue weighted by molar-refractivity contribution is 7.13. The molecule has 0 saturated carbocycles. The van der Waals surface area contributed by atoms with E-state index in [0.29, 0.717) is 0 Å². The van der Waals surface area contributed by atoms with Gasteiger partial charge in [-0.1, -0.05) is 11.3 Å². The fraction of sp³-hybridized carbons (Fsp3) is 0.286. The van der Waals surface area contributed by atoms with Crippen LogP contribution >= 0.6 is 22.7 Å². The number of rotatable bonds is 3. The van der Waals surface area contributed by atoms with Crippen LogP contribution in [0, 0.1) is 6.92 Å². The molecule has 2 aromatic heterocycles. The summed E-state index contributed by atoms with van der Waals surface area (Å²) in [5.41, 5.74) is 2.76. The Kier molecular flexibility index (Phi) is 2.51. The molecule has 6 heteroatoms. The standard InChI is InChI=1S/C7H8N4S2/c1-5-10-6(3-12-5)2-8-7-11-9-4-13-7/h3-4H,2H2,1H3,(H,8,11). The molecule has 0 amide bonds. The summed E-state index contributed by atoms with van der Waals surface area (Å²) in [5.74, 6) is 0. The molecule has 4 nitrogen and oxygen atoms in total. The zero-order valence-electron chi connectivity index (χ0n) is 7.02. The van der Waals surface area contributed by atoms with E-state index in [0.717, 1.165) is 22.4 Å². The van der Waals surface area contributed by atoms with Gasteiger partial charge in [-0.3, -0.25) is 0 Å². The van der Waals surface area contributed by atoms with E-state index in [2.05, 4.69) is 20.5 Å². The third-order valence-corrected chi connectivity index (χ3v) is 2.92. The Balaban J connectivity index is 1.93. The van der Waals surface area contributed by atoms with E-state index in [1.807, 2.05) is 12.3 Å². The Morgan fingerprint density at radius 3 is 3.00 bits per heavy atom. The Hall–Kier alpha value is -1.01. The molecule has 0 fully saturated rings. The van der Waals surface area contributed by atoms with Crippen LogP contribution in [0.4, 0.5) is 5.13 Å². The van der Waals surface area contributed by atoms with Gasteiger partial charge in [0.15, 0.2) is 0 Å². The third-order valence-electron chi connectivity index (χ3n) is 1.45. The monoisotopic (exact) mass is 212 g/mol. The third kappa shape index (κ3) is 2.22. The molecule has 68 valence electrons. The van der Waals surface area contributed by atoms with E-state index in [1.165, 1.54) is 11.3 Å². The normalized spacial score (nSPS) is 10.2. The molecule has 2 rings (SSSR count). The maximum absolute atomic E-state index is 4.32. The first-order valence-corrected chi connectivity index (χ1v) is 5.51. The van der Waals surface area contributed by atoms with Crippen LogP contribution in [-0.2, 0) is 6.54 Å². The Morgan fingerprint density at radius 2 is 2.38 bits per heavy atom. The first-order chi connectivity index (χ1) is 6.34. The van der Waals surface area contributed by atoms with Crippen LogP contribution < -0.4 is 5.32 Å². The van der Waals surface area contributed by atoms with Crippen molar-refractivity contribution in [2.45, 2.75) is 13.5 Å². The van der Waals surface area contributed by atoms with E-state index in [-0.39, 0.29) is 0 Å². The summed E-state index contributed by atoms with van der Waals surface area (Å²) in [7, 11) is 0. The van der Waals surface area contributed by atoms with Gasteiger partial charge < -0.3 is 5.32 Å². The van der Waals surface area contributed by atoms with Gasteiger partial charge in [0.2, 0.25) is 5.13 Å². The van der Waals surface area contributed by atoms with Gasteiger partial charge in [0.25, 0.3) is 0 Å². The van der Waals surface area contributed by atoms with Gasteiger partial charge >= 0.3 is 0 Å². The molecule has 2 aromatic rings. The van der Waals surface area contributed by atoms with Crippen molar-refractivity contribution in [3.8, 4) is 0 Å². The van der Waals surface area contributed by atoms with Crippen molar-refractivity contribution < 1.29 is 0 Å². The van der Waals surface area contributed by atoms with E-state index < -0.39 is 0 Å². The largest absolute Gasteiger partial charge is 0.354 e. The van der Waals surface area contributed by atoms with Crippen LogP contribution in [0.25, 0.3) is 0 Å². The lowest BCUT2D eigenvalue weighted by Gasteiger charge is -1.96. The smallest absolute Gasteiger partial charge is 0.205 e. The summed E-state index contributed by atoms with van der Waals surface area (Å²) in [4.78, 5) is 4.32. The molecule has 1 N–H and O–H groups in total. The van der Waals surface area contributed by atoms with Crippen LogP contribution in [0.3, 0.4) is 0 Å². The second kappa shape index (κ2) is 3.80. The molecule has 13 heavy (non-hydrogen) atoms. The van der Waals surface area contributed by atoms with Crippen LogP contribution in [0.5, 0.6) is 0 Å². The van der Waals surface area contributed by atoms with E-state index in [1.54, 1.807) is 16.8 Å². The fourth-order valence-corrected chi connectivity index (χ4v) is 1.96. The second-order valence-electron chi connectivity index (χ2n) is 2.46. The first-order valence-electron chi connectivity index (χ1n) is 3.75. The second-order valence-corrected chi connectivity index (χ2v) is 4.35. The zero-order chi connectivity index (χ0) is 9.10. The molecule has 0 saturated heterocycles. The Bertz CT molecular complexity index is 368. The number of aryl methyl sites for hydroxylation is 1. The molecular formula is C7H8N4S2. The number of thiazole rings is 1. The minimum absolute atomic E-state index is 0.722. The molecular weight excluding hydrogens is 204 g/mol. The lowest BCUT2D eigenvalue weighted by Crippen LogP contribution is -1.99. The predicted molar refractivity (Wildman–Crippen MR) is 54.1 cm³/mol. The summed E-state index contributed by atoms with van der Waals surface area (Å²) in [6, 6.07) is 0. The molecule has 0 aliphatic rings. The number of aromatic nitrogens is 3. The average Bonchev–Trinajstić information content (AvgIpc) is 2.71. The summed E-state index contributed by atoms with van der Waals surface area (Å²) >= 11 is 3.15. The maximum Gasteiger partial charge on any atom is 0.205 e. The van der Waals surface area contributed by atoms with Crippen molar-refractivity contribution >= 4 is 27.8 Å². The number of hydrogen-bond donors (Lipinski definition) is 1. The minimum atomic E-state index is 0.722. The minimum Gasteiger partial charge on any atom is -0.354 e. The fourth-order valence-electron chi connectivity index (χ4n) is 0.906. The van der Waals surface area contributed by atoms with E-state index >= 15 is 0 Å². The molecule has 2 heterocycles. The van der Waals surface area contributed by atoms with Gasteiger partial charge in [-0.25, -0.2) is 4.98 Å². The van der Waals surface area contributed by atoms with Crippen molar-refractivity contribution in [2.75, 3.05) is 5.32 Å². The Labute approximate surface area is 83.7 Å². The van der Waals surface area contributed by atoms with Crippen LogP contribution in [-0.4, -0.2) is 15.2 Å². The van der Waals surface area contributed by atoms with Gasteiger partial charge in [-0.15, -0.1) is 21.5 Å². The molecule has 0 aromatic carbocycles. The highest BCUT2D eigenvalue weighted by Crippen LogP contribution is 2.12. The van der Waals surface area contributed by atoms with E-state index in [9.17, 15) is 0 Å². The molecule has 0 aliphatic carbocycles. The Morgan fingerprint density at radius 1 is 1.46 bits per heavy atom. The molecule has 0 spiro atoms. The van der Waals surface area contributed by atoms with E-state index in [4.69, 9.17) is 0 Å². The SMILES string of the molecule is Cc1nc(CNc2nncs2)cs1. The first kappa shape index (κ1) is 8.58. The topological polar surface area (TPSA) is 50.7 Å². The lowest BCUT2D eigenvalue weighted by molar-refractivity contribution is 1.02. The van der Waals surface area contributed by atoms with Crippen LogP contribution in [0.1, 0.15) is 10.7 Å². The van der Waals surface area contributed by atoms with Crippen LogP contribution in [0.15, 0.2) is 10.9 Å². The quantitative estimate of drug-likeness (QED) is 0.844. The van der Waals surface area contributed by atoms with Crippen molar-refractivity contribution in [2.24, 2.45) is 0 Å². The van der Waals surface area contributed by atoms with Gasteiger partial charge in [0, 0.05) is 5.38 Å². The summed E-state index contributed by atoms with van der Waals surface area (Å²) in [6.45, 7) is 2.72. The number of hydrogen-bond acceptors (Lipinski definition) is 6. The van der Waals surface area contributed by atoms with Crippen molar-refractivity contribution in [1.29, 1.82) is 0 Å². The van der Waals surface area contributed by atoms with Crippen molar-refractivity contribution in [1.82, 2.24) is 15.2 Å². The average molecular weight is 212 g/mol. The summed E-state index contributed by atoms with van der Waals surface area (Å²) in [5, 5.41) is 14.7. The molecule has 0 unspecified atom stereocenters. The maximum atomic E-state index is 4.32. The highest BCUT2D eigenvalue weighted by atomic mass is 32.1. The molecule has 0 radical (unpaired) electrons. The van der Waals surface area contributed by atoms with Crippen molar-refractivity contribution in [3.05, 3.63) is 21.6 Å². The van der Waals surface area contributed by atoms with Gasteiger partial charge in [0.05, 0.1) is 17.2 Å². The lowest BCUT2D eigenvalue weighted by atomic mass is 10.5. The highest BCUT2D eigenvalue weighted by Gasteiger charge is 1.99. The predicted octanol–water partition coefficient (Wildman–Crippen LogP) is 1.92. The zero-order valence-corrected chi connectivity index (χ0v) is 8.65. The van der Waals surface area contributed by atoms with Gasteiger partial charge in [0.1, 0.15) is 5.51 Å². The van der Waals surface area contributed by atoms with Crippen molar-refractivity contribution in [3.63, 3.8) is 0 Å². The summed E-state index contributed by atoms with van der Waals surface area (Å²) in [6.07, 6.45) is 0. The summed E-state index contributed by atoms with van der Waals surface area (Å²) < 4.78 is 0. The number of nitrogens with one attached hydrogen (secondary N) is 1. The van der Waals surface area contributed by atoms with Crippen LogP contribution in [0.2, 0.25) is 0 Å².